The summed E-state index contributed by atoms with van der Waals surface area (Å²) in [5.74, 6) is 0.821. The Bertz CT molecular complexity index is 636. The van der Waals surface area contributed by atoms with Gasteiger partial charge in [-0.15, -0.1) is 0 Å². The molecular weight excluding hydrogens is 270 g/mol. The lowest BCUT2D eigenvalue weighted by atomic mass is 10.1. The number of rotatable bonds is 6. The highest BCUT2D eigenvalue weighted by molar-refractivity contribution is 5.97. The maximum Gasteiger partial charge on any atom is 0.170 e. The summed E-state index contributed by atoms with van der Waals surface area (Å²) in [5, 5.41) is 19.3. The van der Waals surface area contributed by atoms with Crippen molar-refractivity contribution in [2.45, 2.75) is 13.1 Å². The molecule has 0 atom stereocenters. The average molecular weight is 289 g/mol. The first-order valence-electron chi connectivity index (χ1n) is 6.48. The lowest BCUT2D eigenvalue weighted by molar-refractivity contribution is 0.318. The number of hydrogen-bond donors (Lipinski definition) is 3. The molecule has 0 radical (unpaired) electrons. The van der Waals surface area contributed by atoms with Crippen LogP contribution in [0.15, 0.2) is 35.6 Å². The van der Waals surface area contributed by atoms with E-state index < -0.39 is 0 Å². The number of benzene rings is 1. The molecule has 1 heterocycles. The third-order valence-electron chi connectivity index (χ3n) is 3.07. The van der Waals surface area contributed by atoms with Gasteiger partial charge in [-0.05, 0) is 24.3 Å². The molecule has 4 N–H and O–H groups in total. The number of nitrogens with two attached hydrogens (primary N) is 1. The Kier molecular flexibility index (Phi) is 4.78. The van der Waals surface area contributed by atoms with Crippen LogP contribution in [0, 0.1) is 0 Å². The molecule has 7 nitrogen and oxygen atoms in total. The van der Waals surface area contributed by atoms with Crippen LogP contribution >= 0.6 is 0 Å². The molecule has 2 aromatic rings. The van der Waals surface area contributed by atoms with E-state index in [1.165, 1.54) is 0 Å². The number of aromatic nitrogens is 2. The Balaban J connectivity index is 2.06. The van der Waals surface area contributed by atoms with Gasteiger partial charge in [-0.1, -0.05) is 5.16 Å². The van der Waals surface area contributed by atoms with Crippen LogP contribution in [0.2, 0.25) is 0 Å². The Morgan fingerprint density at radius 3 is 2.86 bits per heavy atom. The molecule has 0 aliphatic carbocycles. The van der Waals surface area contributed by atoms with Crippen molar-refractivity contribution in [3.05, 3.63) is 47.3 Å². The van der Waals surface area contributed by atoms with Crippen molar-refractivity contribution in [2.75, 3.05) is 7.11 Å². The van der Waals surface area contributed by atoms with E-state index in [0.29, 0.717) is 18.7 Å². The predicted octanol–water partition coefficient (Wildman–Crippen LogP) is 0.813. The Labute approximate surface area is 123 Å². The zero-order valence-electron chi connectivity index (χ0n) is 12.1. The number of hydrogen-bond acceptors (Lipinski definition) is 5. The summed E-state index contributed by atoms with van der Waals surface area (Å²) in [6.45, 7) is 1.24. The van der Waals surface area contributed by atoms with E-state index in [1.54, 1.807) is 23.9 Å². The van der Waals surface area contributed by atoms with Crippen LogP contribution in [0.1, 0.15) is 16.8 Å². The molecule has 0 fully saturated rings. The minimum atomic E-state index is 0.0728. The van der Waals surface area contributed by atoms with Gasteiger partial charge in [0.15, 0.2) is 5.84 Å². The van der Waals surface area contributed by atoms with Gasteiger partial charge in [0, 0.05) is 37.5 Å². The van der Waals surface area contributed by atoms with Crippen LogP contribution in [0.4, 0.5) is 0 Å². The third kappa shape index (κ3) is 3.73. The number of nitrogens with zero attached hydrogens (tertiary/aromatic N) is 3. The molecule has 7 heteroatoms. The molecule has 0 aliphatic rings. The molecule has 0 amide bonds. The fraction of sp³-hybridized carbons (Fsp3) is 0.286. The largest absolute Gasteiger partial charge is 0.496 e. The number of aryl methyl sites for hydroxylation is 1. The number of methoxy groups -OCH3 is 1. The number of amidine groups is 1. The first kappa shape index (κ1) is 14.9. The molecule has 112 valence electrons. The van der Waals surface area contributed by atoms with Crippen molar-refractivity contribution >= 4 is 5.84 Å². The van der Waals surface area contributed by atoms with Gasteiger partial charge in [0.1, 0.15) is 5.75 Å². The van der Waals surface area contributed by atoms with Gasteiger partial charge in [0.2, 0.25) is 0 Å². The van der Waals surface area contributed by atoms with Crippen molar-refractivity contribution in [3.63, 3.8) is 0 Å². The van der Waals surface area contributed by atoms with Crippen LogP contribution in [0.3, 0.4) is 0 Å². The monoisotopic (exact) mass is 289 g/mol. The molecule has 0 bridgehead atoms. The molecule has 1 aromatic carbocycles. The second-order valence-electron chi connectivity index (χ2n) is 4.60. The normalized spacial score (nSPS) is 11.6. The Morgan fingerprint density at radius 1 is 1.43 bits per heavy atom. The highest BCUT2D eigenvalue weighted by Crippen LogP contribution is 2.19. The quantitative estimate of drug-likeness (QED) is 0.316. The molecule has 21 heavy (non-hydrogen) atoms. The number of nitrogens with one attached hydrogen (secondary N) is 1. The highest BCUT2D eigenvalue weighted by atomic mass is 16.5. The first-order valence-corrected chi connectivity index (χ1v) is 6.48. The zero-order valence-corrected chi connectivity index (χ0v) is 12.1. The zero-order chi connectivity index (χ0) is 15.2. The van der Waals surface area contributed by atoms with E-state index in [0.717, 1.165) is 17.0 Å². The van der Waals surface area contributed by atoms with E-state index >= 15 is 0 Å². The summed E-state index contributed by atoms with van der Waals surface area (Å²) in [6.07, 6.45) is 1.90. The molecular formula is C14H19N5O2. The topological polar surface area (TPSA) is 97.7 Å². The van der Waals surface area contributed by atoms with E-state index in [2.05, 4.69) is 15.6 Å². The van der Waals surface area contributed by atoms with Crippen molar-refractivity contribution in [2.24, 2.45) is 17.9 Å². The summed E-state index contributed by atoms with van der Waals surface area (Å²) in [7, 11) is 3.49. The minimum Gasteiger partial charge on any atom is -0.496 e. The van der Waals surface area contributed by atoms with Crippen LogP contribution in [-0.2, 0) is 20.1 Å². The van der Waals surface area contributed by atoms with Gasteiger partial charge in [-0.3, -0.25) is 4.68 Å². The summed E-state index contributed by atoms with van der Waals surface area (Å²) in [4.78, 5) is 0. The number of ether oxygens (including phenoxy) is 1. The van der Waals surface area contributed by atoms with Gasteiger partial charge >= 0.3 is 0 Å². The fourth-order valence-corrected chi connectivity index (χ4v) is 2.02. The summed E-state index contributed by atoms with van der Waals surface area (Å²) >= 11 is 0. The van der Waals surface area contributed by atoms with E-state index in [-0.39, 0.29) is 5.84 Å². The molecule has 0 spiro atoms. The minimum absolute atomic E-state index is 0.0728. The fourth-order valence-electron chi connectivity index (χ4n) is 2.02. The van der Waals surface area contributed by atoms with Gasteiger partial charge in [-0.2, -0.15) is 5.10 Å². The molecule has 0 saturated carbocycles. The standard InChI is InChI=1S/C14H19N5O2/c1-19-6-5-12(17-19)9-16-8-11-7-10(14(15)18-20)3-4-13(11)21-2/h3-7,16,20H,8-9H2,1-2H3,(H2,15,18). The van der Waals surface area contributed by atoms with Crippen molar-refractivity contribution in [1.82, 2.24) is 15.1 Å². The third-order valence-corrected chi connectivity index (χ3v) is 3.07. The average Bonchev–Trinajstić information content (AvgIpc) is 2.91. The van der Waals surface area contributed by atoms with Crippen LogP contribution in [0.5, 0.6) is 5.75 Å². The van der Waals surface area contributed by atoms with Crippen LogP contribution in [-0.4, -0.2) is 27.9 Å². The van der Waals surface area contributed by atoms with Gasteiger partial charge < -0.3 is 21.0 Å². The Morgan fingerprint density at radius 2 is 2.24 bits per heavy atom. The molecule has 0 aliphatic heterocycles. The summed E-state index contributed by atoms with van der Waals surface area (Å²) in [6, 6.07) is 7.33. The molecule has 0 unspecified atom stereocenters. The summed E-state index contributed by atoms with van der Waals surface area (Å²) < 4.78 is 7.08. The van der Waals surface area contributed by atoms with E-state index in [9.17, 15) is 0 Å². The smallest absolute Gasteiger partial charge is 0.170 e. The predicted molar refractivity (Wildman–Crippen MR) is 79.3 cm³/mol. The van der Waals surface area contributed by atoms with Gasteiger partial charge in [-0.25, -0.2) is 0 Å². The van der Waals surface area contributed by atoms with Crippen LogP contribution < -0.4 is 15.8 Å². The van der Waals surface area contributed by atoms with Crippen molar-refractivity contribution in [3.8, 4) is 5.75 Å². The Hall–Kier alpha value is -2.54. The maximum atomic E-state index is 8.74. The first-order chi connectivity index (χ1) is 10.1. The van der Waals surface area contributed by atoms with Crippen LogP contribution in [0.25, 0.3) is 0 Å². The lowest BCUT2D eigenvalue weighted by Crippen LogP contribution is -2.16. The van der Waals surface area contributed by atoms with Gasteiger partial charge in [0.05, 0.1) is 12.8 Å². The van der Waals surface area contributed by atoms with Crippen molar-refractivity contribution in [1.29, 1.82) is 0 Å². The maximum absolute atomic E-state index is 8.74. The number of oxime groups is 1. The van der Waals surface area contributed by atoms with Crippen molar-refractivity contribution < 1.29 is 9.94 Å². The lowest BCUT2D eigenvalue weighted by Gasteiger charge is -2.11. The second-order valence-corrected chi connectivity index (χ2v) is 4.60. The van der Waals surface area contributed by atoms with E-state index in [1.807, 2.05) is 25.4 Å². The highest BCUT2D eigenvalue weighted by Gasteiger charge is 2.07. The SMILES string of the molecule is COc1ccc(/C(N)=N/O)cc1CNCc1ccn(C)n1. The van der Waals surface area contributed by atoms with E-state index in [4.69, 9.17) is 15.7 Å². The summed E-state index contributed by atoms with van der Waals surface area (Å²) in [5.41, 5.74) is 8.14. The molecule has 0 saturated heterocycles. The molecule has 1 aromatic heterocycles. The van der Waals surface area contributed by atoms with Gasteiger partial charge in [0.25, 0.3) is 0 Å². The molecule has 2 rings (SSSR count). The second kappa shape index (κ2) is 6.76.